The SMILES string of the molecule is CCCCOP(=O)(OCCCC)OCCCC.O=C(O)CC(O)(CC(=O)O)C(=O)O. The molecule has 178 valence electrons. The summed E-state index contributed by atoms with van der Waals surface area (Å²) in [6.07, 6.45) is 3.34. The average molecular weight is 458 g/mol. The average Bonchev–Trinajstić information content (AvgIpc) is 2.61. The van der Waals surface area contributed by atoms with Gasteiger partial charge < -0.3 is 20.4 Å². The van der Waals surface area contributed by atoms with Gasteiger partial charge in [-0.15, -0.1) is 0 Å². The molecule has 0 aromatic heterocycles. The van der Waals surface area contributed by atoms with Gasteiger partial charge in [0.25, 0.3) is 0 Å². The van der Waals surface area contributed by atoms with Gasteiger partial charge in [0.05, 0.1) is 32.7 Å². The second-order valence-corrected chi connectivity index (χ2v) is 8.15. The van der Waals surface area contributed by atoms with Crippen LogP contribution < -0.4 is 0 Å². The van der Waals surface area contributed by atoms with Crippen molar-refractivity contribution >= 4 is 25.7 Å². The van der Waals surface area contributed by atoms with E-state index in [-0.39, 0.29) is 0 Å². The highest BCUT2D eigenvalue weighted by Crippen LogP contribution is 2.49. The monoisotopic (exact) mass is 458 g/mol. The van der Waals surface area contributed by atoms with Crippen molar-refractivity contribution in [2.75, 3.05) is 19.8 Å². The van der Waals surface area contributed by atoms with Crippen LogP contribution in [0.2, 0.25) is 0 Å². The van der Waals surface area contributed by atoms with E-state index in [2.05, 4.69) is 20.8 Å². The molecule has 12 heteroatoms. The zero-order chi connectivity index (χ0) is 23.6. The largest absolute Gasteiger partial charge is 0.481 e. The van der Waals surface area contributed by atoms with Gasteiger partial charge >= 0.3 is 25.7 Å². The van der Waals surface area contributed by atoms with E-state index in [0.29, 0.717) is 19.8 Å². The molecule has 0 saturated carbocycles. The van der Waals surface area contributed by atoms with Crippen molar-refractivity contribution in [3.05, 3.63) is 0 Å². The van der Waals surface area contributed by atoms with E-state index in [1.54, 1.807) is 0 Å². The quantitative estimate of drug-likeness (QED) is 0.186. The summed E-state index contributed by atoms with van der Waals surface area (Å²) in [5.74, 6) is -5.02. The fourth-order valence-electron chi connectivity index (χ4n) is 1.79. The first-order valence-electron chi connectivity index (χ1n) is 9.89. The van der Waals surface area contributed by atoms with Crippen molar-refractivity contribution in [2.45, 2.75) is 77.7 Å². The van der Waals surface area contributed by atoms with Gasteiger partial charge in [0, 0.05) is 0 Å². The van der Waals surface area contributed by atoms with Gasteiger partial charge in [-0.05, 0) is 19.3 Å². The Hall–Kier alpha value is -1.52. The molecule has 0 atom stereocenters. The Morgan fingerprint density at radius 3 is 1.23 bits per heavy atom. The van der Waals surface area contributed by atoms with Crippen molar-refractivity contribution in [3.8, 4) is 0 Å². The molecule has 0 radical (unpaired) electrons. The second kappa shape index (κ2) is 17.2. The summed E-state index contributed by atoms with van der Waals surface area (Å²) in [6, 6.07) is 0. The van der Waals surface area contributed by atoms with Gasteiger partial charge in [-0.25, -0.2) is 9.36 Å². The van der Waals surface area contributed by atoms with Crippen LogP contribution in [0.15, 0.2) is 0 Å². The predicted octanol–water partition coefficient (Wildman–Crippen LogP) is 3.30. The lowest BCUT2D eigenvalue weighted by molar-refractivity contribution is -0.170. The Morgan fingerprint density at radius 1 is 0.733 bits per heavy atom. The van der Waals surface area contributed by atoms with Crippen molar-refractivity contribution in [3.63, 3.8) is 0 Å². The molecule has 0 aromatic rings. The lowest BCUT2D eigenvalue weighted by Crippen LogP contribution is -2.42. The smallest absolute Gasteiger partial charge is 0.474 e. The normalized spacial score (nSPS) is 11.5. The van der Waals surface area contributed by atoms with Gasteiger partial charge in [-0.1, -0.05) is 40.0 Å². The fraction of sp³-hybridized carbons (Fsp3) is 0.833. The van der Waals surface area contributed by atoms with E-state index in [1.807, 2.05) is 0 Å². The predicted molar refractivity (Wildman–Crippen MR) is 107 cm³/mol. The van der Waals surface area contributed by atoms with Crippen LogP contribution in [0.25, 0.3) is 0 Å². The lowest BCUT2D eigenvalue weighted by Gasteiger charge is -2.18. The molecule has 0 amide bonds. The summed E-state index contributed by atoms with van der Waals surface area (Å²) in [5, 5.41) is 33.8. The Labute approximate surface area is 177 Å². The maximum atomic E-state index is 12.2. The van der Waals surface area contributed by atoms with Crippen LogP contribution in [0, 0.1) is 0 Å². The second-order valence-electron chi connectivity index (χ2n) is 6.49. The summed E-state index contributed by atoms with van der Waals surface area (Å²) >= 11 is 0. The van der Waals surface area contributed by atoms with Crippen LogP contribution in [-0.4, -0.2) is 63.8 Å². The first kappa shape index (κ1) is 30.7. The number of phosphoric ester groups is 1. The van der Waals surface area contributed by atoms with Crippen LogP contribution in [0.5, 0.6) is 0 Å². The molecule has 0 spiro atoms. The molecule has 0 aromatic carbocycles. The van der Waals surface area contributed by atoms with Gasteiger partial charge in [-0.3, -0.25) is 23.2 Å². The summed E-state index contributed by atoms with van der Waals surface area (Å²) in [7, 11) is -3.31. The zero-order valence-corrected chi connectivity index (χ0v) is 18.8. The maximum absolute atomic E-state index is 12.2. The van der Waals surface area contributed by atoms with Crippen LogP contribution >= 0.6 is 7.82 Å². The minimum absolute atomic E-state index is 0.437. The molecular weight excluding hydrogens is 423 g/mol. The molecule has 0 unspecified atom stereocenters. The molecule has 0 aliphatic carbocycles. The highest BCUT2D eigenvalue weighted by molar-refractivity contribution is 7.48. The number of hydrogen-bond acceptors (Lipinski definition) is 8. The fourth-order valence-corrected chi connectivity index (χ4v) is 3.07. The van der Waals surface area contributed by atoms with Gasteiger partial charge in [0.2, 0.25) is 0 Å². The van der Waals surface area contributed by atoms with Crippen molar-refractivity contribution < 1.29 is 52.9 Å². The van der Waals surface area contributed by atoms with E-state index in [9.17, 15) is 18.9 Å². The van der Waals surface area contributed by atoms with E-state index < -0.39 is 44.2 Å². The number of aliphatic carboxylic acids is 3. The van der Waals surface area contributed by atoms with Crippen LogP contribution in [0.1, 0.15) is 72.1 Å². The third kappa shape index (κ3) is 16.3. The van der Waals surface area contributed by atoms with Crippen molar-refractivity contribution in [1.29, 1.82) is 0 Å². The molecule has 11 nitrogen and oxygen atoms in total. The minimum atomic E-state index is -3.31. The molecule has 0 rings (SSSR count). The Kier molecular flexibility index (Phi) is 17.6. The molecule has 0 aliphatic rings. The minimum Gasteiger partial charge on any atom is -0.481 e. The molecule has 0 aliphatic heterocycles. The van der Waals surface area contributed by atoms with Gasteiger partial charge in [0.15, 0.2) is 5.60 Å². The third-order valence-corrected chi connectivity index (χ3v) is 5.02. The van der Waals surface area contributed by atoms with E-state index in [0.717, 1.165) is 38.5 Å². The number of carboxylic acid groups (broad SMARTS) is 3. The lowest BCUT2D eigenvalue weighted by atomic mass is 9.96. The van der Waals surface area contributed by atoms with Crippen molar-refractivity contribution in [2.24, 2.45) is 0 Å². The Bertz CT molecular complexity index is 501. The Morgan fingerprint density at radius 2 is 1.03 bits per heavy atom. The van der Waals surface area contributed by atoms with E-state index in [4.69, 9.17) is 34.0 Å². The van der Waals surface area contributed by atoms with Crippen molar-refractivity contribution in [1.82, 2.24) is 0 Å². The molecule has 0 heterocycles. The first-order chi connectivity index (χ1) is 14.0. The third-order valence-electron chi connectivity index (χ3n) is 3.53. The maximum Gasteiger partial charge on any atom is 0.474 e. The molecule has 0 bridgehead atoms. The molecule has 4 N–H and O–H groups in total. The van der Waals surface area contributed by atoms with Crippen LogP contribution in [-0.2, 0) is 32.5 Å². The summed E-state index contributed by atoms with van der Waals surface area (Å²) < 4.78 is 28.0. The number of carboxylic acids is 3. The number of phosphoric acid groups is 1. The molecule has 0 fully saturated rings. The van der Waals surface area contributed by atoms with Crippen LogP contribution in [0.4, 0.5) is 0 Å². The van der Waals surface area contributed by atoms with Gasteiger partial charge in [0.1, 0.15) is 0 Å². The Balaban J connectivity index is 0. The standard InChI is InChI=1S/C12H27O4P.C6H8O7/c1-4-7-10-14-17(13,15-11-8-5-2)16-12-9-6-3;7-3(8)1-6(13,5(11)12)2-4(9)10/h4-12H2,1-3H3;13H,1-2H2,(H,7,8)(H,9,10)(H,11,12). The molecule has 0 saturated heterocycles. The topological polar surface area (TPSA) is 177 Å². The highest BCUT2D eigenvalue weighted by atomic mass is 31.2. The zero-order valence-electron chi connectivity index (χ0n) is 17.9. The number of aliphatic hydroxyl groups is 1. The van der Waals surface area contributed by atoms with Gasteiger partial charge in [-0.2, -0.15) is 0 Å². The van der Waals surface area contributed by atoms with E-state index >= 15 is 0 Å². The molecular formula is C18H35O11P. The highest BCUT2D eigenvalue weighted by Gasteiger charge is 2.40. The number of carbonyl (C=O) groups is 3. The summed E-state index contributed by atoms with van der Waals surface area (Å²) in [6.45, 7) is 7.49. The van der Waals surface area contributed by atoms with Crippen LogP contribution in [0.3, 0.4) is 0 Å². The molecule has 30 heavy (non-hydrogen) atoms. The summed E-state index contributed by atoms with van der Waals surface area (Å²) in [5.41, 5.74) is -2.74. The number of unbranched alkanes of at least 4 members (excludes halogenated alkanes) is 3. The first-order valence-corrected chi connectivity index (χ1v) is 11.3. The van der Waals surface area contributed by atoms with E-state index in [1.165, 1.54) is 0 Å². The number of rotatable bonds is 17. The number of hydrogen-bond donors (Lipinski definition) is 4. The summed E-state index contributed by atoms with van der Waals surface area (Å²) in [4.78, 5) is 30.5.